The first-order chi connectivity index (χ1) is 6.20. The van der Waals surface area contributed by atoms with Gasteiger partial charge in [-0.15, -0.1) is 5.60 Å². The number of rotatable bonds is 0. The van der Waals surface area contributed by atoms with Gasteiger partial charge in [0.15, 0.2) is 11.6 Å². The molecule has 0 N–H and O–H groups in total. The molecule has 0 aliphatic carbocycles. The SMILES string of the molecule is CC(C)(C)[O-].CC1OCC(=O)CC1=O.[K+]. The van der Waals surface area contributed by atoms with Crippen LogP contribution in [0, 0.1) is 0 Å². The molecule has 0 aromatic rings. The second-order valence-electron chi connectivity index (χ2n) is 4.25. The Bertz CT molecular complexity index is 214. The Hall–Kier alpha value is 0.896. The maximum Gasteiger partial charge on any atom is 1.00 e. The van der Waals surface area contributed by atoms with E-state index in [0.717, 1.165) is 0 Å². The molecule has 0 radical (unpaired) electrons. The van der Waals surface area contributed by atoms with E-state index in [9.17, 15) is 14.7 Å². The Morgan fingerprint density at radius 1 is 1.33 bits per heavy atom. The van der Waals surface area contributed by atoms with E-state index in [1.165, 1.54) is 0 Å². The number of ketones is 2. The van der Waals surface area contributed by atoms with Gasteiger partial charge in [0.2, 0.25) is 0 Å². The minimum atomic E-state index is -0.750. The predicted molar refractivity (Wildman–Crippen MR) is 49.8 cm³/mol. The molecule has 1 aliphatic heterocycles. The van der Waals surface area contributed by atoms with Gasteiger partial charge < -0.3 is 9.84 Å². The number of Topliss-reactive ketones (excluding diaryl/α,β-unsaturated/α-hetero) is 2. The monoisotopic (exact) mass is 240 g/mol. The van der Waals surface area contributed by atoms with Crippen molar-refractivity contribution in [1.29, 1.82) is 0 Å². The number of ether oxygens (including phenoxy) is 1. The van der Waals surface area contributed by atoms with Crippen molar-refractivity contribution < 1.29 is 70.8 Å². The molecular weight excluding hydrogens is 223 g/mol. The average Bonchev–Trinajstić information content (AvgIpc) is 1.94. The van der Waals surface area contributed by atoms with Crippen LogP contribution in [0.2, 0.25) is 0 Å². The van der Waals surface area contributed by atoms with Crippen molar-refractivity contribution in [3.05, 3.63) is 0 Å². The molecular formula is C10H17KO4. The van der Waals surface area contributed by atoms with Crippen LogP contribution < -0.4 is 56.5 Å². The zero-order chi connectivity index (χ0) is 11.4. The molecule has 4 nitrogen and oxygen atoms in total. The molecule has 0 aromatic carbocycles. The Balaban J connectivity index is 0. The fraction of sp³-hybridized carbons (Fsp3) is 0.800. The molecule has 0 amide bonds. The van der Waals surface area contributed by atoms with Crippen LogP contribution in [-0.2, 0) is 14.3 Å². The van der Waals surface area contributed by atoms with Gasteiger partial charge in [-0.2, -0.15) is 0 Å². The quantitative estimate of drug-likeness (QED) is 0.336. The molecule has 0 spiro atoms. The second kappa shape index (κ2) is 8.06. The maximum atomic E-state index is 10.7. The van der Waals surface area contributed by atoms with Crippen molar-refractivity contribution in [1.82, 2.24) is 0 Å². The van der Waals surface area contributed by atoms with Crippen molar-refractivity contribution in [3.63, 3.8) is 0 Å². The third kappa shape index (κ3) is 12.8. The van der Waals surface area contributed by atoms with E-state index in [-0.39, 0.29) is 82.1 Å². The van der Waals surface area contributed by atoms with Crippen molar-refractivity contribution in [3.8, 4) is 0 Å². The van der Waals surface area contributed by atoms with Gasteiger partial charge in [0.05, 0.1) is 6.42 Å². The molecule has 1 saturated heterocycles. The summed E-state index contributed by atoms with van der Waals surface area (Å²) in [5.74, 6) is -0.218. The van der Waals surface area contributed by atoms with Crippen LogP contribution in [0.4, 0.5) is 0 Å². The Morgan fingerprint density at radius 3 is 2.00 bits per heavy atom. The van der Waals surface area contributed by atoms with Crippen LogP contribution in [0.15, 0.2) is 0 Å². The molecule has 0 saturated carbocycles. The number of hydrogen-bond acceptors (Lipinski definition) is 4. The minimum absolute atomic E-state index is 0. The van der Waals surface area contributed by atoms with Crippen molar-refractivity contribution in [2.45, 2.75) is 45.8 Å². The Labute approximate surface area is 133 Å². The van der Waals surface area contributed by atoms with Crippen LogP contribution in [0.25, 0.3) is 0 Å². The number of carbonyl (C=O) groups is 2. The summed E-state index contributed by atoms with van der Waals surface area (Å²) in [5.41, 5.74) is -0.750. The molecule has 1 heterocycles. The predicted octanol–water partition coefficient (Wildman–Crippen LogP) is -2.92. The fourth-order valence-electron chi connectivity index (χ4n) is 0.700. The van der Waals surface area contributed by atoms with Gasteiger partial charge in [0, 0.05) is 0 Å². The molecule has 1 aliphatic rings. The average molecular weight is 240 g/mol. The van der Waals surface area contributed by atoms with Gasteiger partial charge in [-0.3, -0.25) is 9.59 Å². The van der Waals surface area contributed by atoms with E-state index in [4.69, 9.17) is 4.74 Å². The molecule has 0 bridgehead atoms. The first-order valence-electron chi connectivity index (χ1n) is 4.56. The van der Waals surface area contributed by atoms with E-state index >= 15 is 0 Å². The Kier molecular flexibility index (Phi) is 9.81. The number of carbonyl (C=O) groups excluding carboxylic acids is 2. The Morgan fingerprint density at radius 2 is 1.73 bits per heavy atom. The van der Waals surface area contributed by atoms with Crippen molar-refractivity contribution >= 4 is 11.6 Å². The third-order valence-corrected chi connectivity index (χ3v) is 1.32. The molecule has 1 fully saturated rings. The summed E-state index contributed by atoms with van der Waals surface area (Å²) in [4.78, 5) is 21.1. The van der Waals surface area contributed by atoms with Crippen LogP contribution >= 0.6 is 0 Å². The fourth-order valence-corrected chi connectivity index (χ4v) is 0.700. The smallest absolute Gasteiger partial charge is 0.850 e. The van der Waals surface area contributed by atoms with Crippen molar-refractivity contribution in [2.24, 2.45) is 0 Å². The molecule has 1 rings (SSSR count). The second-order valence-corrected chi connectivity index (χ2v) is 4.25. The molecule has 1 unspecified atom stereocenters. The van der Waals surface area contributed by atoms with Gasteiger partial charge in [0.1, 0.15) is 12.7 Å². The first-order valence-corrected chi connectivity index (χ1v) is 4.56. The van der Waals surface area contributed by atoms with Crippen LogP contribution in [0.3, 0.4) is 0 Å². The van der Waals surface area contributed by atoms with E-state index in [1.54, 1.807) is 27.7 Å². The van der Waals surface area contributed by atoms with Crippen LogP contribution in [0.1, 0.15) is 34.1 Å². The first kappa shape index (κ1) is 18.3. The van der Waals surface area contributed by atoms with Crippen molar-refractivity contribution in [2.75, 3.05) is 6.61 Å². The normalized spacial score (nSPS) is 21.3. The summed E-state index contributed by atoms with van der Waals surface area (Å²) in [7, 11) is 0. The summed E-state index contributed by atoms with van der Waals surface area (Å²) in [6.07, 6.45) is -0.316. The summed E-state index contributed by atoms with van der Waals surface area (Å²) >= 11 is 0. The van der Waals surface area contributed by atoms with Crippen LogP contribution in [0.5, 0.6) is 0 Å². The van der Waals surface area contributed by atoms with E-state index in [2.05, 4.69) is 0 Å². The standard InChI is InChI=1S/C6H8O3.C4H9O.K/c1-4-6(8)2-5(7)3-9-4;1-4(2,3)5;/h4H,2-3H2,1H3;1-3H3;/q;-1;+1. The number of hydrogen-bond donors (Lipinski definition) is 0. The molecule has 5 heteroatoms. The third-order valence-electron chi connectivity index (χ3n) is 1.32. The maximum absolute atomic E-state index is 10.7. The zero-order valence-electron chi connectivity index (χ0n) is 10.1. The van der Waals surface area contributed by atoms with E-state index < -0.39 is 5.60 Å². The summed E-state index contributed by atoms with van der Waals surface area (Å²) < 4.78 is 4.80. The summed E-state index contributed by atoms with van der Waals surface area (Å²) in [6.45, 7) is 6.66. The van der Waals surface area contributed by atoms with Gasteiger partial charge >= 0.3 is 51.4 Å². The summed E-state index contributed by atoms with van der Waals surface area (Å²) in [6, 6.07) is 0. The van der Waals surface area contributed by atoms with E-state index in [0.29, 0.717) is 0 Å². The molecule has 0 aromatic heterocycles. The summed E-state index contributed by atoms with van der Waals surface area (Å²) in [5, 5.41) is 10.1. The van der Waals surface area contributed by atoms with E-state index in [1.807, 2.05) is 0 Å². The van der Waals surface area contributed by atoms with Gasteiger partial charge in [0.25, 0.3) is 0 Å². The molecule has 15 heavy (non-hydrogen) atoms. The van der Waals surface area contributed by atoms with Gasteiger partial charge in [-0.1, -0.05) is 20.8 Å². The van der Waals surface area contributed by atoms with Gasteiger partial charge in [-0.05, 0) is 6.92 Å². The minimum Gasteiger partial charge on any atom is -0.850 e. The topological polar surface area (TPSA) is 66.4 Å². The molecule has 1 atom stereocenters. The largest absolute Gasteiger partial charge is 1.00 e. The molecule has 82 valence electrons. The van der Waals surface area contributed by atoms with Gasteiger partial charge in [-0.25, -0.2) is 0 Å². The van der Waals surface area contributed by atoms with Crippen LogP contribution in [-0.4, -0.2) is 29.9 Å². The zero-order valence-corrected chi connectivity index (χ0v) is 13.2.